The molecule has 0 aliphatic heterocycles. The Balaban J connectivity index is 1.93. The third kappa shape index (κ3) is 3.68. The van der Waals surface area contributed by atoms with Gasteiger partial charge in [0.25, 0.3) is 0 Å². The smallest absolute Gasteiger partial charge is 0.162 e. The zero-order valence-corrected chi connectivity index (χ0v) is 14.8. The van der Waals surface area contributed by atoms with Gasteiger partial charge in [-0.1, -0.05) is 34.6 Å². The van der Waals surface area contributed by atoms with E-state index >= 15 is 0 Å². The van der Waals surface area contributed by atoms with E-state index in [9.17, 15) is 4.79 Å². The van der Waals surface area contributed by atoms with Crippen LogP contribution < -0.4 is 5.32 Å². The Morgan fingerprint density at radius 2 is 2.04 bits per heavy atom. The van der Waals surface area contributed by atoms with E-state index in [1.807, 2.05) is 42.5 Å². The van der Waals surface area contributed by atoms with Crippen molar-refractivity contribution < 1.29 is 4.79 Å². The Morgan fingerprint density at radius 3 is 2.79 bits per heavy atom. The minimum atomic E-state index is 0.0379. The Kier molecular flexibility index (Phi) is 4.71. The first-order chi connectivity index (χ1) is 11.5. The van der Waals surface area contributed by atoms with Crippen molar-refractivity contribution in [3.05, 3.63) is 71.0 Å². The molecule has 0 aliphatic rings. The first kappa shape index (κ1) is 16.3. The molecule has 1 N–H and O–H groups in total. The van der Waals surface area contributed by atoms with Crippen LogP contribution in [-0.2, 0) is 11.2 Å². The van der Waals surface area contributed by atoms with Crippen LogP contribution in [0.1, 0.15) is 12.5 Å². The predicted molar refractivity (Wildman–Crippen MR) is 100 cm³/mol. The van der Waals surface area contributed by atoms with Crippen molar-refractivity contribution >= 4 is 44.1 Å². The molecule has 0 bridgehead atoms. The number of allylic oxidation sites excluding steroid dienone is 1. The first-order valence-corrected chi connectivity index (χ1v) is 8.27. The molecule has 0 saturated carbocycles. The zero-order chi connectivity index (χ0) is 17.1. The molecule has 0 aliphatic carbocycles. The van der Waals surface area contributed by atoms with Gasteiger partial charge < -0.3 is 5.32 Å². The van der Waals surface area contributed by atoms with Gasteiger partial charge in [0.1, 0.15) is 12.1 Å². The molecule has 3 rings (SSSR count). The van der Waals surface area contributed by atoms with Crippen molar-refractivity contribution in [3.8, 4) is 0 Å². The maximum absolute atomic E-state index is 11.8. The Hall–Kier alpha value is -2.53. The van der Waals surface area contributed by atoms with Gasteiger partial charge in [0.15, 0.2) is 5.78 Å². The van der Waals surface area contributed by atoms with Gasteiger partial charge in [-0.3, -0.25) is 4.79 Å². The Bertz CT molecular complexity index is 937. The molecule has 0 radical (unpaired) electrons. The van der Waals surface area contributed by atoms with Crippen molar-refractivity contribution in [2.24, 2.45) is 0 Å². The van der Waals surface area contributed by atoms with Crippen LogP contribution in [0.2, 0.25) is 0 Å². The molecule has 2 aromatic carbocycles. The molecule has 0 spiro atoms. The van der Waals surface area contributed by atoms with Gasteiger partial charge in [-0.15, -0.1) is 0 Å². The highest BCUT2D eigenvalue weighted by atomic mass is 79.9. The summed E-state index contributed by atoms with van der Waals surface area (Å²) in [5, 5.41) is 4.21. The van der Waals surface area contributed by atoms with Crippen molar-refractivity contribution in [2.75, 3.05) is 5.32 Å². The van der Waals surface area contributed by atoms with Crippen LogP contribution in [0, 0.1) is 0 Å². The minimum Gasteiger partial charge on any atom is -0.340 e. The quantitative estimate of drug-likeness (QED) is 0.643. The highest BCUT2D eigenvalue weighted by molar-refractivity contribution is 9.10. The minimum absolute atomic E-state index is 0.0379. The van der Waals surface area contributed by atoms with E-state index in [2.05, 4.69) is 37.8 Å². The predicted octanol–water partition coefficient (Wildman–Crippen LogP) is 4.82. The number of Topliss-reactive ketones (excluding diaryl/α,β-unsaturated/α-hetero) is 1. The topological polar surface area (TPSA) is 54.9 Å². The monoisotopic (exact) mass is 381 g/mol. The number of fused-ring (bicyclic) bond motifs is 1. The molecule has 5 heteroatoms. The van der Waals surface area contributed by atoms with E-state index < -0.39 is 0 Å². The number of hydrogen-bond donors (Lipinski definition) is 1. The lowest BCUT2D eigenvalue weighted by molar-refractivity contribution is -0.114. The number of nitrogens with one attached hydrogen (secondary N) is 1. The van der Waals surface area contributed by atoms with E-state index in [-0.39, 0.29) is 5.78 Å². The molecule has 0 fully saturated rings. The van der Waals surface area contributed by atoms with Gasteiger partial charge in [-0.05, 0) is 48.4 Å². The fourth-order valence-corrected chi connectivity index (χ4v) is 2.75. The van der Waals surface area contributed by atoms with Crippen LogP contribution in [0.4, 0.5) is 11.5 Å². The first-order valence-electron chi connectivity index (χ1n) is 7.48. The van der Waals surface area contributed by atoms with Gasteiger partial charge >= 0.3 is 0 Å². The van der Waals surface area contributed by atoms with Gasteiger partial charge in [0, 0.05) is 22.0 Å². The third-order valence-corrected chi connectivity index (χ3v) is 4.12. The number of aromatic nitrogens is 2. The van der Waals surface area contributed by atoms with E-state index in [1.165, 1.54) is 6.33 Å². The molecule has 120 valence electrons. The van der Waals surface area contributed by atoms with Crippen LogP contribution in [0.3, 0.4) is 0 Å². The molecule has 4 nitrogen and oxygen atoms in total. The lowest BCUT2D eigenvalue weighted by Crippen LogP contribution is -2.03. The van der Waals surface area contributed by atoms with Gasteiger partial charge in [0.05, 0.1) is 5.52 Å². The number of ketones is 1. The summed E-state index contributed by atoms with van der Waals surface area (Å²) in [6, 6.07) is 13.7. The summed E-state index contributed by atoms with van der Waals surface area (Å²) in [5.41, 5.74) is 3.22. The van der Waals surface area contributed by atoms with Crippen LogP contribution in [0.15, 0.2) is 65.4 Å². The number of benzene rings is 2. The van der Waals surface area contributed by atoms with Crippen LogP contribution >= 0.6 is 15.9 Å². The summed E-state index contributed by atoms with van der Waals surface area (Å²) in [6.45, 7) is 5.42. The summed E-state index contributed by atoms with van der Waals surface area (Å²) >= 11 is 3.46. The van der Waals surface area contributed by atoms with Crippen LogP contribution in [0.25, 0.3) is 10.9 Å². The average molecular weight is 382 g/mol. The summed E-state index contributed by atoms with van der Waals surface area (Å²) in [4.78, 5) is 20.5. The van der Waals surface area contributed by atoms with Crippen molar-refractivity contribution in [2.45, 2.75) is 13.3 Å². The Morgan fingerprint density at radius 1 is 1.21 bits per heavy atom. The highest BCUT2D eigenvalue weighted by Crippen LogP contribution is 2.25. The maximum Gasteiger partial charge on any atom is 0.162 e. The fourth-order valence-electron chi connectivity index (χ4n) is 2.35. The molecule has 0 saturated heterocycles. The zero-order valence-electron chi connectivity index (χ0n) is 13.2. The number of anilines is 2. The van der Waals surface area contributed by atoms with E-state index in [0.717, 1.165) is 32.4 Å². The molecule has 24 heavy (non-hydrogen) atoms. The van der Waals surface area contributed by atoms with Gasteiger partial charge in [-0.25, -0.2) is 9.97 Å². The lowest BCUT2D eigenvalue weighted by Gasteiger charge is -2.09. The summed E-state index contributed by atoms with van der Waals surface area (Å²) in [6.07, 6.45) is 1.86. The van der Waals surface area contributed by atoms with E-state index in [1.54, 1.807) is 6.92 Å². The standard InChI is InChI=1S/C19H16BrN3O/c1-12(2)18(24)9-13-6-7-16-17(8-13)21-11-22-19(16)23-15-5-3-4-14(20)10-15/h3-8,10-11H,1,9H2,2H3,(H,21,22,23). The summed E-state index contributed by atoms with van der Waals surface area (Å²) in [5.74, 6) is 0.770. The molecule has 0 atom stereocenters. The fraction of sp³-hybridized carbons (Fsp3) is 0.105. The second-order valence-electron chi connectivity index (χ2n) is 5.59. The van der Waals surface area contributed by atoms with Gasteiger partial charge in [-0.2, -0.15) is 0 Å². The SMILES string of the molecule is C=C(C)C(=O)Cc1ccc2c(Nc3cccc(Br)c3)ncnc2c1. The number of carbonyl (C=O) groups excluding carboxylic acids is 1. The van der Waals surface area contributed by atoms with Crippen LogP contribution in [-0.4, -0.2) is 15.8 Å². The molecule has 3 aromatic rings. The van der Waals surface area contributed by atoms with Gasteiger partial charge in [0.2, 0.25) is 0 Å². The number of nitrogens with zero attached hydrogens (tertiary/aromatic N) is 2. The molecule has 1 heterocycles. The number of rotatable bonds is 5. The normalized spacial score (nSPS) is 10.6. The molecular weight excluding hydrogens is 366 g/mol. The number of halogens is 1. The second kappa shape index (κ2) is 6.93. The second-order valence-corrected chi connectivity index (χ2v) is 6.51. The number of carbonyl (C=O) groups is 1. The van der Waals surface area contributed by atoms with E-state index in [0.29, 0.717) is 12.0 Å². The molecular formula is C19H16BrN3O. The summed E-state index contributed by atoms with van der Waals surface area (Å²) in [7, 11) is 0. The maximum atomic E-state index is 11.8. The summed E-state index contributed by atoms with van der Waals surface area (Å²) < 4.78 is 0.992. The van der Waals surface area contributed by atoms with Crippen molar-refractivity contribution in [1.29, 1.82) is 0 Å². The highest BCUT2D eigenvalue weighted by Gasteiger charge is 2.08. The van der Waals surface area contributed by atoms with E-state index in [4.69, 9.17) is 0 Å². The van der Waals surface area contributed by atoms with Crippen LogP contribution in [0.5, 0.6) is 0 Å². The molecule has 0 unspecified atom stereocenters. The Labute approximate surface area is 148 Å². The number of hydrogen-bond acceptors (Lipinski definition) is 4. The lowest BCUT2D eigenvalue weighted by atomic mass is 10.0. The largest absolute Gasteiger partial charge is 0.340 e. The average Bonchev–Trinajstić information content (AvgIpc) is 2.55. The molecule has 1 aromatic heterocycles. The third-order valence-electron chi connectivity index (χ3n) is 3.63. The van der Waals surface area contributed by atoms with Crippen molar-refractivity contribution in [1.82, 2.24) is 9.97 Å². The van der Waals surface area contributed by atoms with Crippen molar-refractivity contribution in [3.63, 3.8) is 0 Å². The molecule has 0 amide bonds.